The molecule has 0 saturated carbocycles. The monoisotopic (exact) mass is 337 g/mol. The molecule has 0 unspecified atom stereocenters. The van der Waals surface area contributed by atoms with Gasteiger partial charge in [-0.25, -0.2) is 4.79 Å². The molecule has 1 aromatic rings. The normalized spacial score (nSPS) is 21.3. The highest BCUT2D eigenvalue weighted by atomic mass is 16.6. The van der Waals surface area contributed by atoms with Gasteiger partial charge in [0, 0.05) is 12.5 Å². The number of methoxy groups -OCH3 is 2. The molecule has 0 bridgehead atoms. The molecule has 1 heterocycles. The van der Waals surface area contributed by atoms with Crippen molar-refractivity contribution in [2.24, 2.45) is 0 Å². The molecule has 0 aliphatic carbocycles. The first-order valence-electron chi connectivity index (χ1n) is 8.13. The molecule has 24 heavy (non-hydrogen) atoms. The van der Waals surface area contributed by atoms with Crippen molar-refractivity contribution >= 4 is 6.09 Å². The quantitative estimate of drug-likeness (QED) is 0.918. The van der Waals surface area contributed by atoms with Gasteiger partial charge in [0.25, 0.3) is 0 Å². The van der Waals surface area contributed by atoms with Gasteiger partial charge in [-0.05, 0) is 44.9 Å². The third-order valence-electron chi connectivity index (χ3n) is 4.07. The second kappa shape index (κ2) is 7.30. The van der Waals surface area contributed by atoms with Crippen LogP contribution in [0.5, 0.6) is 11.5 Å². The van der Waals surface area contributed by atoms with E-state index in [9.17, 15) is 9.90 Å². The molecule has 2 rings (SSSR count). The van der Waals surface area contributed by atoms with Crippen molar-refractivity contribution < 1.29 is 24.1 Å². The maximum atomic E-state index is 12.1. The third-order valence-corrected chi connectivity index (χ3v) is 4.07. The van der Waals surface area contributed by atoms with Crippen molar-refractivity contribution in [2.45, 2.75) is 44.8 Å². The van der Waals surface area contributed by atoms with Crippen molar-refractivity contribution in [3.8, 4) is 11.5 Å². The van der Waals surface area contributed by atoms with Gasteiger partial charge >= 0.3 is 6.09 Å². The Bertz CT molecular complexity index is 581. The predicted molar refractivity (Wildman–Crippen MR) is 90.7 cm³/mol. The van der Waals surface area contributed by atoms with Crippen LogP contribution in [0.15, 0.2) is 18.2 Å². The van der Waals surface area contributed by atoms with E-state index in [2.05, 4.69) is 0 Å². The van der Waals surface area contributed by atoms with Crippen LogP contribution in [0.1, 0.15) is 38.7 Å². The van der Waals surface area contributed by atoms with Crippen molar-refractivity contribution in [1.82, 2.24) is 4.90 Å². The molecule has 1 aromatic carbocycles. The van der Waals surface area contributed by atoms with Crippen LogP contribution in [0.4, 0.5) is 4.79 Å². The Balaban J connectivity index is 2.07. The van der Waals surface area contributed by atoms with E-state index in [1.807, 2.05) is 39.0 Å². The average molecular weight is 337 g/mol. The second-order valence-electron chi connectivity index (χ2n) is 7.00. The zero-order valence-electron chi connectivity index (χ0n) is 15.0. The number of rotatable bonds is 3. The number of piperidine rings is 1. The lowest BCUT2D eigenvalue weighted by molar-refractivity contribution is -0.00154. The summed E-state index contributed by atoms with van der Waals surface area (Å²) >= 11 is 0. The van der Waals surface area contributed by atoms with Crippen molar-refractivity contribution in [2.75, 3.05) is 27.3 Å². The number of likely N-dealkylation sites (tertiary alicyclic amines) is 1. The minimum absolute atomic E-state index is 0.0523. The summed E-state index contributed by atoms with van der Waals surface area (Å²) < 4.78 is 15.9. The van der Waals surface area contributed by atoms with Crippen LogP contribution < -0.4 is 9.47 Å². The van der Waals surface area contributed by atoms with E-state index in [0.29, 0.717) is 24.5 Å². The Morgan fingerprint density at radius 2 is 1.88 bits per heavy atom. The van der Waals surface area contributed by atoms with Crippen LogP contribution in [0.25, 0.3) is 0 Å². The van der Waals surface area contributed by atoms with E-state index in [4.69, 9.17) is 14.2 Å². The number of ether oxygens (including phenoxy) is 3. The number of benzene rings is 1. The van der Waals surface area contributed by atoms with Crippen LogP contribution in [0.2, 0.25) is 0 Å². The molecule has 6 heteroatoms. The summed E-state index contributed by atoms with van der Waals surface area (Å²) in [4.78, 5) is 13.7. The van der Waals surface area contributed by atoms with Gasteiger partial charge in [0.05, 0.1) is 26.9 Å². The van der Waals surface area contributed by atoms with Crippen molar-refractivity contribution in [1.29, 1.82) is 0 Å². The minimum Gasteiger partial charge on any atom is -0.493 e. The van der Waals surface area contributed by atoms with E-state index in [0.717, 1.165) is 5.56 Å². The molecule has 2 atom stereocenters. The molecule has 6 nitrogen and oxygen atoms in total. The molecule has 0 aromatic heterocycles. The molecule has 1 amide bonds. The van der Waals surface area contributed by atoms with Crippen LogP contribution in [0.3, 0.4) is 0 Å². The molecule has 1 aliphatic rings. The summed E-state index contributed by atoms with van der Waals surface area (Å²) in [7, 11) is 3.18. The lowest BCUT2D eigenvalue weighted by Gasteiger charge is -2.37. The maximum Gasteiger partial charge on any atom is 0.410 e. The van der Waals surface area contributed by atoms with Gasteiger partial charge in [-0.2, -0.15) is 0 Å². The van der Waals surface area contributed by atoms with Crippen LogP contribution in [0, 0.1) is 0 Å². The molecule has 134 valence electrons. The Morgan fingerprint density at radius 3 is 2.42 bits per heavy atom. The standard InChI is InChI=1S/C18H27NO5/c1-18(2,3)24-17(21)19-9-8-13(14(20)11-19)12-6-7-15(22-4)16(10-12)23-5/h6-7,10,13-14,20H,8-9,11H2,1-5H3/t13-,14-/m0/s1. The summed E-state index contributed by atoms with van der Waals surface area (Å²) in [6.45, 7) is 6.30. The summed E-state index contributed by atoms with van der Waals surface area (Å²) in [5.41, 5.74) is 0.436. The van der Waals surface area contributed by atoms with Gasteiger partial charge < -0.3 is 24.2 Å². The van der Waals surface area contributed by atoms with Gasteiger partial charge in [0.1, 0.15) is 5.60 Å². The zero-order chi connectivity index (χ0) is 17.9. The van der Waals surface area contributed by atoms with E-state index < -0.39 is 11.7 Å². The predicted octanol–water partition coefficient (Wildman–Crippen LogP) is 2.79. The molecule has 1 saturated heterocycles. The van der Waals surface area contributed by atoms with Crippen molar-refractivity contribution in [3.05, 3.63) is 23.8 Å². The van der Waals surface area contributed by atoms with Gasteiger partial charge in [-0.3, -0.25) is 0 Å². The maximum absolute atomic E-state index is 12.1. The number of β-amino-alcohol motifs (C(OH)–C–C–N with tert-alkyl or cyclic N) is 1. The average Bonchev–Trinajstić information content (AvgIpc) is 2.52. The number of aliphatic hydroxyl groups excluding tert-OH is 1. The fourth-order valence-corrected chi connectivity index (χ4v) is 2.90. The van der Waals surface area contributed by atoms with Crippen molar-refractivity contribution in [3.63, 3.8) is 0 Å². The number of amides is 1. The number of aliphatic hydroxyl groups is 1. The molecular formula is C18H27NO5. The number of carbonyl (C=O) groups excluding carboxylic acids is 1. The third kappa shape index (κ3) is 4.32. The second-order valence-corrected chi connectivity index (χ2v) is 7.00. The molecule has 1 N–H and O–H groups in total. The summed E-state index contributed by atoms with van der Waals surface area (Å²) in [6, 6.07) is 5.65. The highest BCUT2D eigenvalue weighted by molar-refractivity contribution is 5.68. The minimum atomic E-state index is -0.649. The summed E-state index contributed by atoms with van der Waals surface area (Å²) in [5.74, 6) is 1.24. The zero-order valence-corrected chi connectivity index (χ0v) is 15.0. The van der Waals surface area contributed by atoms with Gasteiger partial charge in [-0.1, -0.05) is 6.07 Å². The fraction of sp³-hybridized carbons (Fsp3) is 0.611. The lowest BCUT2D eigenvalue weighted by Crippen LogP contribution is -2.47. The number of hydrogen-bond donors (Lipinski definition) is 1. The smallest absolute Gasteiger partial charge is 0.410 e. The molecular weight excluding hydrogens is 310 g/mol. The van der Waals surface area contributed by atoms with E-state index in [1.54, 1.807) is 19.1 Å². The lowest BCUT2D eigenvalue weighted by atomic mass is 9.87. The number of carbonyl (C=O) groups is 1. The van der Waals surface area contributed by atoms with Crippen LogP contribution in [-0.4, -0.2) is 55.1 Å². The topological polar surface area (TPSA) is 68.2 Å². The first-order chi connectivity index (χ1) is 11.2. The Labute approximate surface area is 143 Å². The fourth-order valence-electron chi connectivity index (χ4n) is 2.90. The van der Waals surface area contributed by atoms with E-state index in [1.165, 1.54) is 0 Å². The summed E-state index contributed by atoms with van der Waals surface area (Å²) in [6.07, 6.45) is -0.368. The molecule has 0 spiro atoms. The largest absolute Gasteiger partial charge is 0.493 e. The van der Waals surface area contributed by atoms with Gasteiger partial charge in [-0.15, -0.1) is 0 Å². The highest BCUT2D eigenvalue weighted by Crippen LogP contribution is 2.35. The number of hydrogen-bond acceptors (Lipinski definition) is 5. The summed E-state index contributed by atoms with van der Waals surface area (Å²) in [5, 5.41) is 10.5. The van der Waals surface area contributed by atoms with Crippen LogP contribution >= 0.6 is 0 Å². The number of nitrogens with zero attached hydrogens (tertiary/aromatic N) is 1. The molecule has 0 radical (unpaired) electrons. The SMILES string of the molecule is COc1ccc([C@@H]2CCN(C(=O)OC(C)(C)C)C[C@@H]2O)cc1OC. The highest BCUT2D eigenvalue weighted by Gasteiger charge is 2.33. The Morgan fingerprint density at radius 1 is 1.21 bits per heavy atom. The van der Waals surface area contributed by atoms with E-state index >= 15 is 0 Å². The Hall–Kier alpha value is -1.95. The molecule has 1 aliphatic heterocycles. The molecule has 1 fully saturated rings. The first-order valence-corrected chi connectivity index (χ1v) is 8.13. The van der Waals surface area contributed by atoms with Crippen LogP contribution in [-0.2, 0) is 4.74 Å². The van der Waals surface area contributed by atoms with Gasteiger partial charge in [0.15, 0.2) is 11.5 Å². The Kier molecular flexibility index (Phi) is 5.59. The van der Waals surface area contributed by atoms with E-state index in [-0.39, 0.29) is 18.6 Å². The van der Waals surface area contributed by atoms with Gasteiger partial charge in [0.2, 0.25) is 0 Å². The first kappa shape index (κ1) is 18.4.